The van der Waals surface area contributed by atoms with E-state index in [0.717, 1.165) is 16.7 Å². The first-order valence-corrected chi connectivity index (χ1v) is 12.0. The van der Waals surface area contributed by atoms with E-state index in [0.29, 0.717) is 5.75 Å². The second-order valence-corrected chi connectivity index (χ2v) is 9.21. The summed E-state index contributed by atoms with van der Waals surface area (Å²) < 4.78 is 0. The maximum atomic E-state index is 10.5. The van der Waals surface area contributed by atoms with Crippen molar-refractivity contribution in [2.75, 3.05) is 0 Å². The van der Waals surface area contributed by atoms with Crippen LogP contribution in [0.15, 0.2) is 115 Å². The third-order valence-corrected chi connectivity index (χ3v) is 6.98. The molecule has 6 rings (SSSR count). The van der Waals surface area contributed by atoms with Gasteiger partial charge >= 0.3 is 0 Å². The van der Waals surface area contributed by atoms with E-state index in [2.05, 4.69) is 115 Å². The SMILES string of the molecule is Cc1cc(-c2cccc3c(-c4ccccc4)c4ccccc4c(-c4ccccc4)c23)cc(C)c1O. The van der Waals surface area contributed by atoms with E-state index in [4.69, 9.17) is 0 Å². The molecule has 0 spiro atoms. The van der Waals surface area contributed by atoms with Crippen molar-refractivity contribution in [1.29, 1.82) is 0 Å². The number of hydrogen-bond donors (Lipinski definition) is 1. The standard InChI is InChI=1S/C34H26O/c1-22-20-26(21-23(2)34(22)35)27-18-11-19-30-31(24-12-5-3-6-13-24)28-16-9-10-17-29(28)32(33(27)30)25-14-7-4-8-15-25/h3-21,35H,1-2H3. The Morgan fingerprint density at radius 3 is 1.54 bits per heavy atom. The van der Waals surface area contributed by atoms with Crippen LogP contribution in [0, 0.1) is 13.8 Å². The van der Waals surface area contributed by atoms with E-state index in [-0.39, 0.29) is 0 Å². The Hall–Kier alpha value is -4.36. The number of aromatic hydroxyl groups is 1. The van der Waals surface area contributed by atoms with Gasteiger partial charge in [0.25, 0.3) is 0 Å². The average molecular weight is 451 g/mol. The Labute approximate surface area is 205 Å². The number of rotatable bonds is 3. The van der Waals surface area contributed by atoms with Gasteiger partial charge in [-0.05, 0) is 92.0 Å². The summed E-state index contributed by atoms with van der Waals surface area (Å²) in [7, 11) is 0. The number of phenolic OH excluding ortho intramolecular Hbond substituents is 1. The van der Waals surface area contributed by atoms with Crippen LogP contribution in [0.3, 0.4) is 0 Å². The van der Waals surface area contributed by atoms with Crippen LogP contribution in [0.25, 0.3) is 54.9 Å². The van der Waals surface area contributed by atoms with Crippen LogP contribution in [-0.4, -0.2) is 5.11 Å². The summed E-state index contributed by atoms with van der Waals surface area (Å²) in [6.07, 6.45) is 0. The molecule has 0 saturated carbocycles. The summed E-state index contributed by atoms with van der Waals surface area (Å²) in [6.45, 7) is 3.94. The Bertz CT molecular complexity index is 1670. The summed E-state index contributed by atoms with van der Waals surface area (Å²) in [5, 5.41) is 15.4. The van der Waals surface area contributed by atoms with Crippen molar-refractivity contribution < 1.29 is 5.11 Å². The van der Waals surface area contributed by atoms with Crippen molar-refractivity contribution in [2.45, 2.75) is 13.8 Å². The van der Waals surface area contributed by atoms with Crippen LogP contribution in [0.4, 0.5) is 0 Å². The van der Waals surface area contributed by atoms with Gasteiger partial charge in [-0.15, -0.1) is 0 Å². The number of hydrogen-bond acceptors (Lipinski definition) is 1. The highest BCUT2D eigenvalue weighted by atomic mass is 16.3. The molecule has 0 atom stereocenters. The van der Waals surface area contributed by atoms with Gasteiger partial charge < -0.3 is 5.11 Å². The van der Waals surface area contributed by atoms with Crippen molar-refractivity contribution in [3.63, 3.8) is 0 Å². The smallest absolute Gasteiger partial charge is 0.121 e. The Balaban J connectivity index is 1.86. The molecule has 1 nitrogen and oxygen atoms in total. The minimum absolute atomic E-state index is 0.368. The molecule has 1 N–H and O–H groups in total. The van der Waals surface area contributed by atoms with E-state index < -0.39 is 0 Å². The van der Waals surface area contributed by atoms with Gasteiger partial charge in [0.1, 0.15) is 5.75 Å². The zero-order chi connectivity index (χ0) is 23.9. The van der Waals surface area contributed by atoms with E-state index in [1.807, 2.05) is 13.8 Å². The maximum Gasteiger partial charge on any atom is 0.121 e. The van der Waals surface area contributed by atoms with Gasteiger partial charge in [-0.25, -0.2) is 0 Å². The van der Waals surface area contributed by atoms with Crippen LogP contribution < -0.4 is 0 Å². The molecule has 0 aliphatic rings. The lowest BCUT2D eigenvalue weighted by Crippen LogP contribution is -1.94. The zero-order valence-electron chi connectivity index (χ0n) is 19.9. The fourth-order valence-electron chi connectivity index (χ4n) is 5.40. The molecule has 168 valence electrons. The normalized spacial score (nSPS) is 11.3. The van der Waals surface area contributed by atoms with Gasteiger partial charge in [-0.3, -0.25) is 0 Å². The van der Waals surface area contributed by atoms with Crippen LogP contribution >= 0.6 is 0 Å². The van der Waals surface area contributed by atoms with Crippen LogP contribution in [0.1, 0.15) is 11.1 Å². The molecule has 6 aromatic carbocycles. The molecule has 0 aromatic heterocycles. The summed E-state index contributed by atoms with van der Waals surface area (Å²) in [4.78, 5) is 0. The molecule has 0 aliphatic heterocycles. The molecule has 1 heteroatoms. The molecular weight excluding hydrogens is 424 g/mol. The Morgan fingerprint density at radius 2 is 0.943 bits per heavy atom. The molecule has 35 heavy (non-hydrogen) atoms. The summed E-state index contributed by atoms with van der Waals surface area (Å²) >= 11 is 0. The largest absolute Gasteiger partial charge is 0.507 e. The van der Waals surface area contributed by atoms with Crippen molar-refractivity contribution in [2.24, 2.45) is 0 Å². The van der Waals surface area contributed by atoms with Gasteiger partial charge in [-0.1, -0.05) is 103 Å². The quantitative estimate of drug-likeness (QED) is 0.266. The first-order valence-electron chi connectivity index (χ1n) is 12.0. The average Bonchev–Trinajstić information content (AvgIpc) is 2.90. The van der Waals surface area contributed by atoms with Gasteiger partial charge in [0.2, 0.25) is 0 Å². The molecule has 0 aliphatic carbocycles. The second-order valence-electron chi connectivity index (χ2n) is 9.21. The predicted octanol–water partition coefficient (Wildman–Crippen LogP) is 9.32. The minimum Gasteiger partial charge on any atom is -0.507 e. The topological polar surface area (TPSA) is 20.2 Å². The molecule has 0 amide bonds. The van der Waals surface area contributed by atoms with E-state index >= 15 is 0 Å². The van der Waals surface area contributed by atoms with Crippen LogP contribution in [-0.2, 0) is 0 Å². The number of phenols is 1. The van der Waals surface area contributed by atoms with Crippen molar-refractivity contribution in [1.82, 2.24) is 0 Å². The molecule has 0 heterocycles. The third-order valence-electron chi connectivity index (χ3n) is 6.98. The number of aryl methyl sites for hydroxylation is 2. The highest BCUT2D eigenvalue weighted by Gasteiger charge is 2.19. The molecule has 0 saturated heterocycles. The highest BCUT2D eigenvalue weighted by molar-refractivity contribution is 6.24. The van der Waals surface area contributed by atoms with Crippen LogP contribution in [0.5, 0.6) is 5.75 Å². The maximum absolute atomic E-state index is 10.5. The first kappa shape index (κ1) is 21.2. The number of fused-ring (bicyclic) bond motifs is 2. The monoisotopic (exact) mass is 450 g/mol. The van der Waals surface area contributed by atoms with Crippen molar-refractivity contribution in [3.8, 4) is 39.1 Å². The second kappa shape index (κ2) is 8.45. The molecule has 6 aromatic rings. The molecule has 0 unspecified atom stereocenters. The van der Waals surface area contributed by atoms with Crippen molar-refractivity contribution >= 4 is 21.5 Å². The summed E-state index contributed by atoms with van der Waals surface area (Å²) in [5.41, 5.74) is 8.99. The first-order chi connectivity index (χ1) is 17.1. The van der Waals surface area contributed by atoms with Gasteiger partial charge in [-0.2, -0.15) is 0 Å². The lowest BCUT2D eigenvalue weighted by molar-refractivity contribution is 0.467. The van der Waals surface area contributed by atoms with Gasteiger partial charge in [0.15, 0.2) is 0 Å². The lowest BCUT2D eigenvalue weighted by atomic mass is 9.83. The van der Waals surface area contributed by atoms with E-state index in [9.17, 15) is 5.11 Å². The summed E-state index contributed by atoms with van der Waals surface area (Å²) in [6, 6.07) is 40.9. The van der Waals surface area contributed by atoms with Crippen molar-refractivity contribution in [3.05, 3.63) is 126 Å². The molecular formula is C34H26O. The zero-order valence-corrected chi connectivity index (χ0v) is 19.9. The lowest BCUT2D eigenvalue weighted by Gasteiger charge is -2.20. The molecule has 0 bridgehead atoms. The van der Waals surface area contributed by atoms with E-state index in [1.165, 1.54) is 49.4 Å². The van der Waals surface area contributed by atoms with E-state index in [1.54, 1.807) is 0 Å². The van der Waals surface area contributed by atoms with Gasteiger partial charge in [0, 0.05) is 0 Å². The fraction of sp³-hybridized carbons (Fsp3) is 0.0588. The highest BCUT2D eigenvalue weighted by Crippen LogP contribution is 2.47. The molecule has 0 radical (unpaired) electrons. The number of benzene rings is 6. The summed E-state index contributed by atoms with van der Waals surface area (Å²) in [5.74, 6) is 0.368. The predicted molar refractivity (Wildman–Crippen MR) is 149 cm³/mol. The van der Waals surface area contributed by atoms with Crippen LogP contribution in [0.2, 0.25) is 0 Å². The molecule has 0 fully saturated rings. The van der Waals surface area contributed by atoms with Gasteiger partial charge in [0.05, 0.1) is 0 Å². The third kappa shape index (κ3) is 3.48. The fourth-order valence-corrected chi connectivity index (χ4v) is 5.40. The minimum atomic E-state index is 0.368. The Morgan fingerprint density at radius 1 is 0.457 bits per heavy atom. The Kier molecular flexibility index (Phi) is 5.12.